The number of para-hydroxylation sites is 2. The first kappa shape index (κ1) is 15.4. The third kappa shape index (κ3) is 3.13. The number of nitrogens with one attached hydrogen (secondary N) is 2. The van der Waals surface area contributed by atoms with Crippen LogP contribution in [0.2, 0.25) is 0 Å². The van der Waals surface area contributed by atoms with E-state index in [1.165, 1.54) is 11.8 Å². The highest BCUT2D eigenvalue weighted by atomic mass is 32.2. The fraction of sp³-hybridized carbons (Fsp3) is 0.500. The topological polar surface area (TPSA) is 78.0 Å². The van der Waals surface area contributed by atoms with Gasteiger partial charge < -0.3 is 15.4 Å². The van der Waals surface area contributed by atoms with Crippen LogP contribution in [-0.4, -0.2) is 39.4 Å². The van der Waals surface area contributed by atoms with E-state index in [9.17, 15) is 9.90 Å². The number of benzene rings is 1. The maximum Gasteiger partial charge on any atom is 0.230 e. The maximum atomic E-state index is 12.1. The molecule has 1 aliphatic carbocycles. The Morgan fingerprint density at radius 1 is 1.55 bits per heavy atom. The molecule has 6 heteroatoms. The van der Waals surface area contributed by atoms with Crippen molar-refractivity contribution in [3.05, 3.63) is 24.3 Å². The molecule has 1 aromatic carbocycles. The predicted octanol–water partition coefficient (Wildman–Crippen LogP) is 2.32. The molecule has 2 atom stereocenters. The summed E-state index contributed by atoms with van der Waals surface area (Å²) in [5.41, 5.74) is 1.71. The molecule has 1 aromatic heterocycles. The summed E-state index contributed by atoms with van der Waals surface area (Å²) in [4.78, 5) is 19.8. The summed E-state index contributed by atoms with van der Waals surface area (Å²) in [5.74, 6) is 0.328. The Bertz CT molecular complexity index is 639. The maximum absolute atomic E-state index is 12.1. The number of hydrogen-bond acceptors (Lipinski definition) is 4. The van der Waals surface area contributed by atoms with Crippen LogP contribution in [0.4, 0.5) is 0 Å². The Morgan fingerprint density at radius 3 is 3.14 bits per heavy atom. The van der Waals surface area contributed by atoms with Crippen LogP contribution >= 0.6 is 11.8 Å². The summed E-state index contributed by atoms with van der Waals surface area (Å²) >= 11 is 1.40. The number of aliphatic hydroxyl groups excluding tert-OH is 1. The van der Waals surface area contributed by atoms with Gasteiger partial charge in [0.1, 0.15) is 0 Å². The van der Waals surface area contributed by atoms with Gasteiger partial charge in [0.15, 0.2) is 5.16 Å². The molecule has 1 fully saturated rings. The van der Waals surface area contributed by atoms with Crippen molar-refractivity contribution in [3.8, 4) is 0 Å². The number of imidazole rings is 1. The number of amides is 1. The fourth-order valence-electron chi connectivity index (χ4n) is 3.04. The molecule has 0 radical (unpaired) electrons. The summed E-state index contributed by atoms with van der Waals surface area (Å²) in [6.07, 6.45) is 2.96. The first-order chi connectivity index (χ1) is 10.6. The largest absolute Gasteiger partial charge is 0.396 e. The molecule has 1 saturated carbocycles. The molecule has 1 aliphatic rings. The third-order valence-electron chi connectivity index (χ3n) is 4.49. The van der Waals surface area contributed by atoms with Crippen LogP contribution in [0, 0.1) is 5.41 Å². The summed E-state index contributed by atoms with van der Waals surface area (Å²) in [5, 5.41) is 13.3. The van der Waals surface area contributed by atoms with Crippen LogP contribution in [0.25, 0.3) is 11.0 Å². The van der Waals surface area contributed by atoms with Crippen molar-refractivity contribution in [2.24, 2.45) is 5.41 Å². The number of hydrogen-bond donors (Lipinski definition) is 3. The molecule has 0 bridgehead atoms. The second-order valence-electron chi connectivity index (χ2n) is 6.17. The third-order valence-corrected chi connectivity index (χ3v) is 5.36. The van der Waals surface area contributed by atoms with Crippen LogP contribution in [0.15, 0.2) is 29.4 Å². The number of nitrogens with zero attached hydrogens (tertiary/aromatic N) is 1. The zero-order chi connectivity index (χ0) is 15.6. The number of thioether (sulfide) groups is 1. The van der Waals surface area contributed by atoms with Crippen LogP contribution < -0.4 is 5.32 Å². The van der Waals surface area contributed by atoms with E-state index in [0.29, 0.717) is 5.75 Å². The molecule has 3 N–H and O–H groups in total. The smallest absolute Gasteiger partial charge is 0.230 e. The van der Waals surface area contributed by atoms with E-state index in [0.717, 1.165) is 35.5 Å². The van der Waals surface area contributed by atoms with Crippen LogP contribution in [0.3, 0.4) is 0 Å². The summed E-state index contributed by atoms with van der Waals surface area (Å²) < 4.78 is 0. The fourth-order valence-corrected chi connectivity index (χ4v) is 3.73. The van der Waals surface area contributed by atoms with Gasteiger partial charge in [-0.1, -0.05) is 37.2 Å². The molecule has 1 heterocycles. The number of aromatic amines is 1. The van der Waals surface area contributed by atoms with Crippen LogP contribution in [-0.2, 0) is 4.79 Å². The second kappa shape index (κ2) is 6.30. The van der Waals surface area contributed by atoms with Crippen molar-refractivity contribution >= 4 is 28.7 Å². The number of H-pyrrole nitrogens is 1. The zero-order valence-electron chi connectivity index (χ0n) is 12.6. The number of aromatic nitrogens is 2. The Balaban J connectivity index is 1.56. The van der Waals surface area contributed by atoms with Crippen LogP contribution in [0.5, 0.6) is 0 Å². The minimum absolute atomic E-state index is 0.00275. The molecule has 3 rings (SSSR count). The van der Waals surface area contributed by atoms with E-state index in [1.54, 1.807) is 0 Å². The minimum Gasteiger partial charge on any atom is -0.396 e. The Morgan fingerprint density at radius 2 is 2.36 bits per heavy atom. The van der Waals surface area contributed by atoms with Gasteiger partial charge in [-0.25, -0.2) is 4.98 Å². The molecule has 0 spiro atoms. The van der Waals surface area contributed by atoms with Crippen molar-refractivity contribution in [3.63, 3.8) is 0 Å². The highest BCUT2D eigenvalue weighted by molar-refractivity contribution is 7.99. The zero-order valence-corrected chi connectivity index (χ0v) is 13.4. The number of rotatable bonds is 5. The molecule has 22 heavy (non-hydrogen) atoms. The van der Waals surface area contributed by atoms with Crippen molar-refractivity contribution in [1.82, 2.24) is 15.3 Å². The van der Waals surface area contributed by atoms with E-state index in [4.69, 9.17) is 0 Å². The van der Waals surface area contributed by atoms with E-state index in [2.05, 4.69) is 15.3 Å². The number of aliphatic hydroxyl groups is 1. The van der Waals surface area contributed by atoms with Crippen LogP contribution in [0.1, 0.15) is 26.2 Å². The van der Waals surface area contributed by atoms with Gasteiger partial charge in [-0.2, -0.15) is 0 Å². The number of fused-ring (bicyclic) bond motifs is 1. The van der Waals surface area contributed by atoms with E-state index >= 15 is 0 Å². The average Bonchev–Trinajstić information content (AvgIpc) is 3.09. The normalized spacial score (nSPS) is 24.7. The van der Waals surface area contributed by atoms with E-state index in [1.807, 2.05) is 31.2 Å². The Hall–Kier alpha value is -1.53. The lowest BCUT2D eigenvalue weighted by atomic mass is 9.86. The number of carbonyl (C=O) groups excluding carboxylic acids is 1. The van der Waals surface area contributed by atoms with Gasteiger partial charge in [0.05, 0.1) is 23.4 Å². The average molecular weight is 319 g/mol. The highest BCUT2D eigenvalue weighted by Gasteiger charge is 2.38. The second-order valence-corrected chi connectivity index (χ2v) is 7.14. The van der Waals surface area contributed by atoms with Crippen molar-refractivity contribution in [2.75, 3.05) is 12.4 Å². The first-order valence-corrected chi connectivity index (χ1v) is 8.57. The lowest BCUT2D eigenvalue weighted by Gasteiger charge is -2.30. The molecule has 0 aliphatic heterocycles. The molecule has 5 nitrogen and oxygen atoms in total. The quantitative estimate of drug-likeness (QED) is 0.739. The standard InChI is InChI=1S/C16H21N3O2S/c1-16(10-20)8-4-7-13(16)19-14(21)9-22-15-17-11-5-2-3-6-12(11)18-15/h2-3,5-6,13,20H,4,7-10H2,1H3,(H,17,18)(H,19,21). The first-order valence-electron chi connectivity index (χ1n) is 7.58. The van der Waals surface area contributed by atoms with Crippen molar-refractivity contribution < 1.29 is 9.90 Å². The summed E-state index contributed by atoms with van der Waals surface area (Å²) in [7, 11) is 0. The minimum atomic E-state index is -0.181. The lowest BCUT2D eigenvalue weighted by molar-refractivity contribution is -0.120. The molecule has 118 valence electrons. The van der Waals surface area contributed by atoms with Gasteiger partial charge >= 0.3 is 0 Å². The van der Waals surface area contributed by atoms with Gasteiger partial charge in [-0.15, -0.1) is 0 Å². The molecule has 1 amide bonds. The van der Waals surface area contributed by atoms with E-state index < -0.39 is 0 Å². The van der Waals surface area contributed by atoms with Crippen molar-refractivity contribution in [1.29, 1.82) is 0 Å². The Labute approximate surface area is 133 Å². The summed E-state index contributed by atoms with van der Waals surface area (Å²) in [6.45, 7) is 2.16. The van der Waals surface area contributed by atoms with Gasteiger partial charge in [-0.3, -0.25) is 4.79 Å². The van der Waals surface area contributed by atoms with Gasteiger partial charge in [-0.05, 0) is 25.0 Å². The number of carbonyl (C=O) groups is 1. The summed E-state index contributed by atoms with van der Waals surface area (Å²) in [6, 6.07) is 7.89. The molecule has 2 aromatic rings. The van der Waals surface area contributed by atoms with Gasteiger partial charge in [0.2, 0.25) is 5.91 Å². The molecular formula is C16H21N3O2S. The molecular weight excluding hydrogens is 298 g/mol. The molecule has 0 saturated heterocycles. The van der Waals surface area contributed by atoms with Crippen molar-refractivity contribution in [2.45, 2.75) is 37.4 Å². The van der Waals surface area contributed by atoms with E-state index in [-0.39, 0.29) is 24.0 Å². The SMILES string of the molecule is CC1(CO)CCCC1NC(=O)CSc1nc2ccccc2[nH]1. The van der Waals surface area contributed by atoms with Gasteiger partial charge in [0, 0.05) is 11.5 Å². The highest BCUT2D eigenvalue weighted by Crippen LogP contribution is 2.37. The monoisotopic (exact) mass is 319 g/mol. The predicted molar refractivity (Wildman–Crippen MR) is 87.8 cm³/mol. The lowest BCUT2D eigenvalue weighted by Crippen LogP contribution is -2.45. The Kier molecular flexibility index (Phi) is 4.40. The molecule has 2 unspecified atom stereocenters. The van der Waals surface area contributed by atoms with Gasteiger partial charge in [0.25, 0.3) is 0 Å².